The Balaban J connectivity index is 2.28. The van der Waals surface area contributed by atoms with Gasteiger partial charge < -0.3 is 15.7 Å². The normalized spacial score (nSPS) is 19.2. The molecule has 0 bridgehead atoms. The molecule has 102 valence electrons. The van der Waals surface area contributed by atoms with Gasteiger partial charge in [0.1, 0.15) is 11.9 Å². The molecule has 0 radical (unpaired) electrons. The van der Waals surface area contributed by atoms with Gasteiger partial charge in [-0.1, -0.05) is 0 Å². The summed E-state index contributed by atoms with van der Waals surface area (Å²) in [5.74, 6) is -1.45. The van der Waals surface area contributed by atoms with Gasteiger partial charge in [-0.3, -0.25) is 4.79 Å². The highest BCUT2D eigenvalue weighted by Gasteiger charge is 2.33. The molecule has 1 aromatic carbocycles. The predicted molar refractivity (Wildman–Crippen MR) is 70.6 cm³/mol. The number of amides is 1. The number of aliphatic carboxylic acids is 1. The zero-order valence-corrected chi connectivity index (χ0v) is 10.8. The Kier molecular flexibility index (Phi) is 3.94. The molecule has 1 aromatic rings. The van der Waals surface area contributed by atoms with Crippen molar-refractivity contribution in [1.82, 2.24) is 4.90 Å². The molecule has 1 aliphatic rings. The van der Waals surface area contributed by atoms with Crippen molar-refractivity contribution in [2.45, 2.75) is 6.04 Å². The molecule has 1 atom stereocenters. The van der Waals surface area contributed by atoms with Gasteiger partial charge >= 0.3 is 5.97 Å². The van der Waals surface area contributed by atoms with Crippen LogP contribution in [0.3, 0.4) is 0 Å². The lowest BCUT2D eigenvalue weighted by atomic mass is 10.1. The summed E-state index contributed by atoms with van der Waals surface area (Å²) in [5.41, 5.74) is 5.49. The van der Waals surface area contributed by atoms with E-state index in [1.54, 1.807) is 0 Å². The topological polar surface area (TPSA) is 83.6 Å². The molecule has 2 rings (SSSR count). The van der Waals surface area contributed by atoms with E-state index in [1.807, 2.05) is 0 Å². The number of anilines is 1. The van der Waals surface area contributed by atoms with Crippen LogP contribution in [0.25, 0.3) is 0 Å². The third-order valence-electron chi connectivity index (χ3n) is 2.90. The maximum Gasteiger partial charge on any atom is 0.327 e. The minimum atomic E-state index is -1.07. The summed E-state index contributed by atoms with van der Waals surface area (Å²) >= 11 is 1.47. The summed E-state index contributed by atoms with van der Waals surface area (Å²) in [6, 6.07) is 2.85. The fraction of sp³-hybridized carbons (Fsp3) is 0.333. The Morgan fingerprint density at radius 1 is 1.47 bits per heavy atom. The first kappa shape index (κ1) is 13.7. The molecule has 19 heavy (non-hydrogen) atoms. The van der Waals surface area contributed by atoms with Crippen molar-refractivity contribution in [3.8, 4) is 0 Å². The Bertz CT molecular complexity index is 524. The number of carbonyl (C=O) groups excluding carboxylic acids is 1. The average molecular weight is 284 g/mol. The van der Waals surface area contributed by atoms with Crippen LogP contribution in [0.5, 0.6) is 0 Å². The van der Waals surface area contributed by atoms with E-state index in [0.717, 1.165) is 6.07 Å². The van der Waals surface area contributed by atoms with E-state index >= 15 is 0 Å². The van der Waals surface area contributed by atoms with E-state index in [9.17, 15) is 14.0 Å². The largest absolute Gasteiger partial charge is 0.480 e. The third kappa shape index (κ3) is 2.81. The number of nitrogen functional groups attached to an aromatic ring is 1. The van der Waals surface area contributed by atoms with Gasteiger partial charge in [0, 0.05) is 23.7 Å². The van der Waals surface area contributed by atoms with Crippen molar-refractivity contribution in [2.24, 2.45) is 0 Å². The van der Waals surface area contributed by atoms with Gasteiger partial charge in [0.2, 0.25) is 0 Å². The van der Waals surface area contributed by atoms with Gasteiger partial charge in [0.25, 0.3) is 5.91 Å². The van der Waals surface area contributed by atoms with E-state index in [0.29, 0.717) is 18.1 Å². The lowest BCUT2D eigenvalue weighted by Crippen LogP contribution is -2.50. The standard InChI is InChI=1S/C12H13FN2O3S/c13-9-5-7(14)1-2-8(9)11(16)15-3-4-19-6-10(15)12(17)18/h1-2,5,10H,3-4,6,14H2,(H,17,18). The molecular formula is C12H13FN2O3S. The van der Waals surface area contributed by atoms with Crippen LogP contribution in [0.4, 0.5) is 10.1 Å². The monoisotopic (exact) mass is 284 g/mol. The molecule has 1 aliphatic heterocycles. The highest BCUT2D eigenvalue weighted by atomic mass is 32.2. The zero-order chi connectivity index (χ0) is 14.0. The molecule has 1 unspecified atom stereocenters. The number of carbonyl (C=O) groups is 2. The first-order valence-corrected chi connectivity index (χ1v) is 6.82. The molecule has 0 aliphatic carbocycles. The van der Waals surface area contributed by atoms with Crippen molar-refractivity contribution >= 4 is 29.3 Å². The van der Waals surface area contributed by atoms with Crippen molar-refractivity contribution in [3.05, 3.63) is 29.6 Å². The summed E-state index contributed by atoms with van der Waals surface area (Å²) in [4.78, 5) is 24.5. The predicted octanol–water partition coefficient (Wildman–Crippen LogP) is 1.05. The lowest BCUT2D eigenvalue weighted by molar-refractivity contribution is -0.141. The fourth-order valence-electron chi connectivity index (χ4n) is 1.91. The summed E-state index contributed by atoms with van der Waals surface area (Å²) in [6.07, 6.45) is 0. The second-order valence-corrected chi connectivity index (χ2v) is 5.32. The second-order valence-electron chi connectivity index (χ2n) is 4.17. The van der Waals surface area contributed by atoms with Crippen molar-refractivity contribution < 1.29 is 19.1 Å². The smallest absolute Gasteiger partial charge is 0.327 e. The number of thioether (sulfide) groups is 1. The van der Waals surface area contributed by atoms with E-state index in [2.05, 4.69) is 0 Å². The Hall–Kier alpha value is -1.76. The Morgan fingerprint density at radius 3 is 2.84 bits per heavy atom. The quantitative estimate of drug-likeness (QED) is 0.793. The first-order valence-electron chi connectivity index (χ1n) is 5.67. The molecule has 5 nitrogen and oxygen atoms in total. The molecule has 0 saturated carbocycles. The van der Waals surface area contributed by atoms with Crippen LogP contribution < -0.4 is 5.73 Å². The molecule has 1 heterocycles. The lowest BCUT2D eigenvalue weighted by Gasteiger charge is -2.32. The average Bonchev–Trinajstić information content (AvgIpc) is 2.38. The number of benzene rings is 1. The third-order valence-corrected chi connectivity index (χ3v) is 3.92. The molecule has 1 saturated heterocycles. The van der Waals surface area contributed by atoms with E-state index < -0.39 is 23.7 Å². The van der Waals surface area contributed by atoms with Crippen LogP contribution >= 0.6 is 11.8 Å². The van der Waals surface area contributed by atoms with Gasteiger partial charge in [-0.05, 0) is 18.2 Å². The summed E-state index contributed by atoms with van der Waals surface area (Å²) in [5, 5.41) is 9.10. The van der Waals surface area contributed by atoms with E-state index in [4.69, 9.17) is 10.8 Å². The molecule has 0 aromatic heterocycles. The molecule has 3 N–H and O–H groups in total. The molecule has 0 spiro atoms. The van der Waals surface area contributed by atoms with Crippen LogP contribution in [0.15, 0.2) is 18.2 Å². The maximum atomic E-state index is 13.7. The van der Waals surface area contributed by atoms with Crippen molar-refractivity contribution in [3.63, 3.8) is 0 Å². The first-order chi connectivity index (χ1) is 9.00. The highest BCUT2D eigenvalue weighted by molar-refractivity contribution is 7.99. The Morgan fingerprint density at radius 2 is 2.21 bits per heavy atom. The second kappa shape index (κ2) is 5.48. The van der Waals surface area contributed by atoms with E-state index in [-0.39, 0.29) is 11.3 Å². The Labute approximate surface area is 113 Å². The molecule has 1 fully saturated rings. The maximum absolute atomic E-state index is 13.7. The molecule has 1 amide bonds. The summed E-state index contributed by atoms with van der Waals surface area (Å²) in [6.45, 7) is 0.296. The SMILES string of the molecule is Nc1ccc(C(=O)N2CCSCC2C(=O)O)c(F)c1. The van der Waals surface area contributed by atoms with Crippen molar-refractivity contribution in [1.29, 1.82) is 0 Å². The van der Waals surface area contributed by atoms with E-state index in [1.165, 1.54) is 28.8 Å². The summed E-state index contributed by atoms with van der Waals surface area (Å²) < 4.78 is 13.7. The van der Waals surface area contributed by atoms with Gasteiger partial charge in [0.05, 0.1) is 5.56 Å². The van der Waals surface area contributed by atoms with Crippen molar-refractivity contribution in [2.75, 3.05) is 23.8 Å². The minimum absolute atomic E-state index is 0.146. The van der Waals surface area contributed by atoms with Gasteiger partial charge in [-0.2, -0.15) is 11.8 Å². The number of nitrogens with zero attached hydrogens (tertiary/aromatic N) is 1. The number of hydrogen-bond donors (Lipinski definition) is 2. The number of carboxylic acid groups (broad SMARTS) is 1. The van der Waals surface area contributed by atoms with Crippen LogP contribution in [-0.4, -0.2) is 46.0 Å². The van der Waals surface area contributed by atoms with Crippen LogP contribution in [0.1, 0.15) is 10.4 Å². The van der Waals surface area contributed by atoms with Gasteiger partial charge in [-0.25, -0.2) is 9.18 Å². The minimum Gasteiger partial charge on any atom is -0.480 e. The highest BCUT2D eigenvalue weighted by Crippen LogP contribution is 2.21. The van der Waals surface area contributed by atoms with Gasteiger partial charge in [-0.15, -0.1) is 0 Å². The van der Waals surface area contributed by atoms with Crippen LogP contribution in [0, 0.1) is 5.82 Å². The number of rotatable bonds is 2. The zero-order valence-electron chi connectivity index (χ0n) is 10.0. The fourth-order valence-corrected chi connectivity index (χ4v) is 2.95. The number of hydrogen-bond acceptors (Lipinski definition) is 4. The molecule has 7 heteroatoms. The summed E-state index contributed by atoms with van der Waals surface area (Å²) in [7, 11) is 0. The number of nitrogens with two attached hydrogens (primary N) is 1. The molecular weight excluding hydrogens is 271 g/mol. The van der Waals surface area contributed by atoms with Gasteiger partial charge in [0.15, 0.2) is 0 Å². The number of halogens is 1. The van der Waals surface area contributed by atoms with Crippen LogP contribution in [0.2, 0.25) is 0 Å². The number of carboxylic acids is 1. The van der Waals surface area contributed by atoms with Crippen LogP contribution in [-0.2, 0) is 4.79 Å².